The minimum atomic E-state index is -4.55. The van der Waals surface area contributed by atoms with E-state index in [1.54, 1.807) is 18.2 Å². The molecule has 1 aliphatic carbocycles. The first-order valence-corrected chi connectivity index (χ1v) is 9.56. The predicted molar refractivity (Wildman–Crippen MR) is 105 cm³/mol. The van der Waals surface area contributed by atoms with Crippen molar-refractivity contribution >= 4 is 46.2 Å². The second kappa shape index (κ2) is 8.24. The quantitative estimate of drug-likeness (QED) is 0.465. The number of benzene rings is 1. The smallest absolute Gasteiger partial charge is 0.362 e. The summed E-state index contributed by atoms with van der Waals surface area (Å²) in [7, 11) is 0. The van der Waals surface area contributed by atoms with E-state index in [1.807, 2.05) is 6.07 Å². The third kappa shape index (κ3) is 5.27. The number of alkyl halides is 3. The van der Waals surface area contributed by atoms with Gasteiger partial charge < -0.3 is 10.6 Å². The van der Waals surface area contributed by atoms with E-state index < -0.39 is 11.9 Å². The summed E-state index contributed by atoms with van der Waals surface area (Å²) in [4.78, 5) is 0. The van der Waals surface area contributed by atoms with Crippen LogP contribution in [0.25, 0.3) is 0 Å². The molecule has 1 aliphatic rings. The van der Waals surface area contributed by atoms with Crippen molar-refractivity contribution in [3.8, 4) is 0 Å². The van der Waals surface area contributed by atoms with E-state index in [9.17, 15) is 13.2 Å². The van der Waals surface area contributed by atoms with Gasteiger partial charge in [0.15, 0.2) is 10.8 Å². The molecular formula is C17H17Cl2F3N4S. The number of halogens is 5. The highest BCUT2D eigenvalue weighted by atomic mass is 35.5. The Bertz CT molecular complexity index is 834. The molecule has 3 rings (SSSR count). The van der Waals surface area contributed by atoms with Gasteiger partial charge in [0.2, 0.25) is 0 Å². The number of nitrogens with one attached hydrogen (secondary N) is 2. The summed E-state index contributed by atoms with van der Waals surface area (Å²) >= 11 is 17.1. The predicted octanol–water partition coefficient (Wildman–Crippen LogP) is 5.46. The molecule has 1 aromatic carbocycles. The largest absolute Gasteiger partial charge is 0.436 e. The monoisotopic (exact) mass is 436 g/mol. The molecule has 0 amide bonds. The fraction of sp³-hybridized carbons (Fsp3) is 0.412. The molecule has 27 heavy (non-hydrogen) atoms. The molecule has 0 aliphatic heterocycles. The SMILES string of the molecule is FC(F)(F)c1nn(CCCNC(=S)Nc2cccc(Cl)c2)c(C2CC2)c1Cl. The number of thiocarbonyl (C=S) groups is 1. The zero-order chi connectivity index (χ0) is 19.6. The molecular weight excluding hydrogens is 420 g/mol. The van der Waals surface area contributed by atoms with Gasteiger partial charge in [0.1, 0.15) is 0 Å². The van der Waals surface area contributed by atoms with E-state index in [2.05, 4.69) is 15.7 Å². The maximum atomic E-state index is 13.0. The number of nitrogens with zero attached hydrogens (tertiary/aromatic N) is 2. The standard InChI is InChI=1S/C17H17Cl2F3N4S/c18-11-3-1-4-12(9-11)24-16(27)23-7-2-8-26-14(10-5-6-10)13(19)15(25-26)17(20,21)22/h1,3-4,9-10H,2,5-8H2,(H2,23,24,27). The fourth-order valence-electron chi connectivity index (χ4n) is 2.72. The van der Waals surface area contributed by atoms with Gasteiger partial charge in [0.25, 0.3) is 0 Å². The van der Waals surface area contributed by atoms with Crippen molar-refractivity contribution in [2.24, 2.45) is 0 Å². The number of aromatic nitrogens is 2. The Labute approximate surface area is 170 Å². The third-order valence-electron chi connectivity index (χ3n) is 4.08. The molecule has 2 aromatic rings. The van der Waals surface area contributed by atoms with Crippen LogP contribution in [0.4, 0.5) is 18.9 Å². The Balaban J connectivity index is 1.54. The topological polar surface area (TPSA) is 41.9 Å². The Morgan fingerprint density at radius 1 is 1.30 bits per heavy atom. The molecule has 4 nitrogen and oxygen atoms in total. The molecule has 0 spiro atoms. The van der Waals surface area contributed by atoms with Crippen molar-refractivity contribution in [1.82, 2.24) is 15.1 Å². The van der Waals surface area contributed by atoms with Crippen LogP contribution < -0.4 is 10.6 Å². The van der Waals surface area contributed by atoms with Gasteiger partial charge in [0.05, 0.1) is 10.7 Å². The second-order valence-electron chi connectivity index (χ2n) is 6.29. The van der Waals surface area contributed by atoms with Crippen molar-refractivity contribution in [3.63, 3.8) is 0 Å². The minimum Gasteiger partial charge on any atom is -0.362 e. The van der Waals surface area contributed by atoms with Crippen molar-refractivity contribution in [3.05, 3.63) is 45.7 Å². The zero-order valence-corrected chi connectivity index (χ0v) is 16.4. The van der Waals surface area contributed by atoms with Crippen LogP contribution in [-0.4, -0.2) is 21.4 Å². The molecule has 1 aromatic heterocycles. The van der Waals surface area contributed by atoms with Crippen LogP contribution in [0.1, 0.15) is 36.6 Å². The van der Waals surface area contributed by atoms with Crippen molar-refractivity contribution in [2.45, 2.75) is 37.9 Å². The molecule has 0 radical (unpaired) electrons. The molecule has 2 N–H and O–H groups in total. The number of hydrogen-bond acceptors (Lipinski definition) is 2. The van der Waals surface area contributed by atoms with Crippen LogP contribution in [0.5, 0.6) is 0 Å². The lowest BCUT2D eigenvalue weighted by atomic mass is 10.2. The Morgan fingerprint density at radius 2 is 2.04 bits per heavy atom. The highest BCUT2D eigenvalue weighted by Crippen LogP contribution is 2.46. The van der Waals surface area contributed by atoms with Gasteiger partial charge in [-0.15, -0.1) is 0 Å². The molecule has 10 heteroatoms. The first-order valence-electron chi connectivity index (χ1n) is 8.39. The summed E-state index contributed by atoms with van der Waals surface area (Å²) in [5, 5.41) is 10.5. The fourth-order valence-corrected chi connectivity index (χ4v) is 3.53. The maximum absolute atomic E-state index is 13.0. The van der Waals surface area contributed by atoms with E-state index in [0.717, 1.165) is 18.5 Å². The lowest BCUT2D eigenvalue weighted by molar-refractivity contribution is -0.141. The van der Waals surface area contributed by atoms with Crippen LogP contribution in [0.2, 0.25) is 10.0 Å². The number of anilines is 1. The number of rotatable bonds is 6. The number of aryl methyl sites for hydroxylation is 1. The molecule has 0 unspecified atom stereocenters. The van der Waals surface area contributed by atoms with Gasteiger partial charge in [-0.05, 0) is 49.7 Å². The molecule has 1 saturated carbocycles. The van der Waals surface area contributed by atoms with E-state index in [4.69, 9.17) is 35.4 Å². The lowest BCUT2D eigenvalue weighted by Crippen LogP contribution is -2.29. The first-order chi connectivity index (χ1) is 12.8. The van der Waals surface area contributed by atoms with E-state index >= 15 is 0 Å². The summed E-state index contributed by atoms with van der Waals surface area (Å²) in [6.45, 7) is 0.809. The summed E-state index contributed by atoms with van der Waals surface area (Å²) in [5.74, 6) is 0.0691. The third-order valence-corrected chi connectivity index (χ3v) is 4.93. The molecule has 146 valence electrons. The van der Waals surface area contributed by atoms with E-state index in [1.165, 1.54) is 4.68 Å². The van der Waals surface area contributed by atoms with Crippen molar-refractivity contribution in [1.29, 1.82) is 0 Å². The summed E-state index contributed by atoms with van der Waals surface area (Å²) < 4.78 is 40.5. The van der Waals surface area contributed by atoms with Gasteiger partial charge in [-0.3, -0.25) is 4.68 Å². The Morgan fingerprint density at radius 3 is 2.67 bits per heavy atom. The van der Waals surface area contributed by atoms with Crippen molar-refractivity contribution in [2.75, 3.05) is 11.9 Å². The van der Waals surface area contributed by atoms with Gasteiger partial charge in [-0.2, -0.15) is 18.3 Å². The van der Waals surface area contributed by atoms with Gasteiger partial charge in [-0.25, -0.2) is 0 Å². The van der Waals surface area contributed by atoms with Crippen LogP contribution in [-0.2, 0) is 12.7 Å². The Kier molecular flexibility index (Phi) is 6.18. The highest BCUT2D eigenvalue weighted by molar-refractivity contribution is 7.80. The van der Waals surface area contributed by atoms with Crippen molar-refractivity contribution < 1.29 is 13.2 Å². The van der Waals surface area contributed by atoms with E-state index in [0.29, 0.717) is 35.3 Å². The molecule has 1 heterocycles. The average Bonchev–Trinajstić information content (AvgIpc) is 3.34. The summed E-state index contributed by atoms with van der Waals surface area (Å²) in [5.41, 5.74) is 0.241. The van der Waals surface area contributed by atoms with Crippen LogP contribution in [0.3, 0.4) is 0 Å². The number of hydrogen-bond donors (Lipinski definition) is 2. The highest BCUT2D eigenvalue weighted by Gasteiger charge is 2.41. The van der Waals surface area contributed by atoms with Gasteiger partial charge >= 0.3 is 6.18 Å². The average molecular weight is 437 g/mol. The maximum Gasteiger partial charge on any atom is 0.436 e. The Hall–Kier alpha value is -1.51. The molecule has 0 bridgehead atoms. The summed E-state index contributed by atoms with van der Waals surface area (Å²) in [6.07, 6.45) is -2.32. The minimum absolute atomic E-state index is 0.0691. The lowest BCUT2D eigenvalue weighted by Gasteiger charge is -2.11. The normalized spacial score (nSPS) is 14.3. The van der Waals surface area contributed by atoms with Crippen LogP contribution >= 0.6 is 35.4 Å². The summed E-state index contributed by atoms with van der Waals surface area (Å²) in [6, 6.07) is 7.12. The molecule has 0 saturated heterocycles. The van der Waals surface area contributed by atoms with E-state index in [-0.39, 0.29) is 10.9 Å². The second-order valence-corrected chi connectivity index (χ2v) is 7.51. The molecule has 1 fully saturated rings. The van der Waals surface area contributed by atoms with Gasteiger partial charge in [-0.1, -0.05) is 29.3 Å². The van der Waals surface area contributed by atoms with Crippen LogP contribution in [0, 0.1) is 0 Å². The first kappa shape index (κ1) is 20.2. The van der Waals surface area contributed by atoms with Crippen LogP contribution in [0.15, 0.2) is 24.3 Å². The molecule has 0 atom stereocenters. The zero-order valence-electron chi connectivity index (χ0n) is 14.1. The van der Waals surface area contributed by atoms with Gasteiger partial charge in [0, 0.05) is 29.7 Å².